The highest BCUT2D eigenvalue weighted by atomic mass is 35.5. The number of methoxy groups -OCH3 is 1. The molecule has 0 radical (unpaired) electrons. The number of hydrogen-bond donors (Lipinski definition) is 2. The average molecular weight is 440 g/mol. The first-order valence-corrected chi connectivity index (χ1v) is 10.7. The number of rotatable bonds is 3. The zero-order valence-electron chi connectivity index (χ0n) is 19.0. The van der Waals surface area contributed by atoms with Crippen molar-refractivity contribution in [3.8, 4) is 5.75 Å². The molecule has 0 amide bonds. The number of fused-ring (bicyclic) bond motifs is 1. The summed E-state index contributed by atoms with van der Waals surface area (Å²) < 4.78 is 10.4. The molecule has 1 fully saturated rings. The Balaban J connectivity index is 0.000000277. The first-order chi connectivity index (χ1) is 14.1. The molecular weight excluding hydrogens is 406 g/mol. The van der Waals surface area contributed by atoms with Crippen LogP contribution in [0.2, 0.25) is 5.15 Å². The van der Waals surface area contributed by atoms with Crippen molar-refractivity contribution in [3.63, 3.8) is 0 Å². The number of nitrogens with zero attached hydrogens (tertiary/aromatic N) is 1. The van der Waals surface area contributed by atoms with E-state index in [1.54, 1.807) is 25.3 Å². The van der Waals surface area contributed by atoms with Crippen molar-refractivity contribution in [3.05, 3.63) is 33.7 Å². The maximum Gasteiger partial charge on any atom is 0.323 e. The first kappa shape index (κ1) is 25.9. The number of H-pyrrole nitrogens is 1. The molecule has 3 rings (SSSR count). The zero-order chi connectivity index (χ0) is 22.9. The van der Waals surface area contributed by atoms with Gasteiger partial charge in [-0.05, 0) is 51.8 Å². The van der Waals surface area contributed by atoms with E-state index in [9.17, 15) is 9.59 Å². The van der Waals surface area contributed by atoms with E-state index in [0.29, 0.717) is 22.7 Å². The predicted octanol–water partition coefficient (Wildman–Crippen LogP) is 4.33. The molecule has 0 spiro atoms. The molecule has 2 heterocycles. The molecule has 2 aromatic rings. The smallest absolute Gasteiger partial charge is 0.323 e. The van der Waals surface area contributed by atoms with Gasteiger partial charge in [0.2, 0.25) is 0 Å². The van der Waals surface area contributed by atoms with Crippen molar-refractivity contribution in [1.82, 2.24) is 15.3 Å². The van der Waals surface area contributed by atoms with Crippen LogP contribution < -0.4 is 15.6 Å². The highest BCUT2D eigenvalue weighted by molar-refractivity contribution is 6.29. The summed E-state index contributed by atoms with van der Waals surface area (Å²) in [6.07, 6.45) is 2.12. The van der Waals surface area contributed by atoms with Crippen LogP contribution >= 0.6 is 11.6 Å². The molecule has 0 saturated carbocycles. The highest BCUT2D eigenvalue weighted by Crippen LogP contribution is 2.22. The van der Waals surface area contributed by atoms with Gasteiger partial charge >= 0.3 is 5.97 Å². The number of hydrogen-bond acceptors (Lipinski definition) is 6. The summed E-state index contributed by atoms with van der Waals surface area (Å²) in [5.74, 6) is 1.02. The fraction of sp³-hybridized carbons (Fsp3) is 0.591. The largest absolute Gasteiger partial charge is 0.497 e. The van der Waals surface area contributed by atoms with E-state index < -0.39 is 5.56 Å². The van der Waals surface area contributed by atoms with Crippen LogP contribution in [-0.2, 0) is 9.53 Å². The number of benzene rings is 1. The Morgan fingerprint density at radius 3 is 2.53 bits per heavy atom. The Morgan fingerprint density at radius 2 is 1.97 bits per heavy atom. The number of nitrogens with one attached hydrogen (secondary N) is 2. The van der Waals surface area contributed by atoms with E-state index in [4.69, 9.17) is 21.1 Å². The molecule has 8 heteroatoms. The van der Waals surface area contributed by atoms with E-state index in [0.717, 1.165) is 19.4 Å². The van der Waals surface area contributed by atoms with Crippen molar-refractivity contribution in [2.45, 2.75) is 66.0 Å². The zero-order valence-corrected chi connectivity index (χ0v) is 19.7. The third-order valence-corrected chi connectivity index (χ3v) is 4.65. The number of aromatic amines is 1. The lowest BCUT2D eigenvalue weighted by atomic mass is 9.98. The van der Waals surface area contributed by atoms with Crippen LogP contribution in [0.1, 0.15) is 54.4 Å². The van der Waals surface area contributed by atoms with Crippen molar-refractivity contribution in [2.75, 3.05) is 13.7 Å². The van der Waals surface area contributed by atoms with E-state index in [2.05, 4.69) is 22.2 Å². The van der Waals surface area contributed by atoms with Gasteiger partial charge in [-0.1, -0.05) is 38.8 Å². The molecule has 1 saturated heterocycles. The second kappa shape index (κ2) is 11.9. The lowest BCUT2D eigenvalue weighted by Crippen LogP contribution is -2.40. The first-order valence-electron chi connectivity index (χ1n) is 10.3. The van der Waals surface area contributed by atoms with Crippen molar-refractivity contribution in [1.29, 1.82) is 0 Å². The second-order valence-electron chi connectivity index (χ2n) is 7.66. The molecule has 1 aromatic heterocycles. The number of ether oxygens (including phenoxy) is 2. The molecule has 1 aliphatic rings. The maximum absolute atomic E-state index is 11.7. The lowest BCUT2D eigenvalue weighted by Gasteiger charge is -2.24. The predicted molar refractivity (Wildman–Crippen MR) is 121 cm³/mol. The van der Waals surface area contributed by atoms with E-state index >= 15 is 0 Å². The highest BCUT2D eigenvalue weighted by Gasteiger charge is 2.34. The van der Waals surface area contributed by atoms with Crippen molar-refractivity contribution < 1.29 is 14.3 Å². The van der Waals surface area contributed by atoms with Gasteiger partial charge in [0.25, 0.3) is 5.56 Å². The van der Waals surface area contributed by atoms with E-state index in [1.165, 1.54) is 0 Å². The number of carbonyl (C=O) groups excluding carboxylic acids is 1. The van der Waals surface area contributed by atoms with Crippen LogP contribution in [0.4, 0.5) is 0 Å². The summed E-state index contributed by atoms with van der Waals surface area (Å²) in [6.45, 7) is 12.8. The summed E-state index contributed by atoms with van der Waals surface area (Å²) in [6, 6.07) is 5.10. The van der Waals surface area contributed by atoms with E-state index in [1.807, 2.05) is 34.6 Å². The van der Waals surface area contributed by atoms with Crippen LogP contribution in [0, 0.1) is 5.92 Å². The fourth-order valence-corrected chi connectivity index (χ4v) is 3.15. The molecule has 0 aliphatic carbocycles. The van der Waals surface area contributed by atoms with Gasteiger partial charge in [-0.15, -0.1) is 0 Å². The van der Waals surface area contributed by atoms with Crippen LogP contribution in [0.5, 0.6) is 5.75 Å². The van der Waals surface area contributed by atoms with Gasteiger partial charge < -0.3 is 19.8 Å². The number of halogens is 1. The van der Waals surface area contributed by atoms with Crippen LogP contribution in [0.15, 0.2) is 23.0 Å². The molecule has 1 aliphatic heterocycles. The Morgan fingerprint density at radius 1 is 1.30 bits per heavy atom. The molecule has 2 unspecified atom stereocenters. The third-order valence-electron chi connectivity index (χ3n) is 4.39. The molecule has 0 bridgehead atoms. The minimum Gasteiger partial charge on any atom is -0.497 e. The lowest BCUT2D eigenvalue weighted by molar-refractivity contribution is -0.158. The standard InChI is InChI=1S/C11H21NO2.C9H7ClN2O2.C2H6/c1-5-8-6-7-12-9(8)10(13)14-11(2,3)4;1-14-5-2-3-6-7(4-5)12-9(13)8(10)11-6;1-2/h8-9,12H,5-7H2,1-4H3;2-4H,1H3,(H,12,13);1-2H3. The average Bonchev–Trinajstić information content (AvgIpc) is 3.18. The number of aromatic nitrogens is 2. The minimum absolute atomic E-state index is 0.0531. The Kier molecular flexibility index (Phi) is 10.3. The summed E-state index contributed by atoms with van der Waals surface area (Å²) in [5.41, 5.74) is 0.473. The fourth-order valence-electron chi connectivity index (χ4n) is 3.01. The Hall–Kier alpha value is -2.12. The van der Waals surface area contributed by atoms with Gasteiger partial charge in [-0.3, -0.25) is 9.59 Å². The number of carbonyl (C=O) groups is 1. The topological polar surface area (TPSA) is 93.3 Å². The molecule has 2 N–H and O–H groups in total. The van der Waals surface area contributed by atoms with Gasteiger partial charge in [0.15, 0.2) is 5.15 Å². The molecule has 168 valence electrons. The van der Waals surface area contributed by atoms with Gasteiger partial charge in [0.1, 0.15) is 17.4 Å². The normalized spacial score (nSPS) is 18.0. The summed E-state index contributed by atoms with van der Waals surface area (Å²) >= 11 is 5.58. The Bertz CT molecular complexity index is 877. The molecule has 30 heavy (non-hydrogen) atoms. The molecule has 7 nitrogen and oxygen atoms in total. The van der Waals surface area contributed by atoms with Crippen LogP contribution in [0.3, 0.4) is 0 Å². The summed E-state index contributed by atoms with van der Waals surface area (Å²) in [7, 11) is 1.56. The van der Waals surface area contributed by atoms with Crippen LogP contribution in [-0.4, -0.2) is 41.2 Å². The monoisotopic (exact) mass is 439 g/mol. The van der Waals surface area contributed by atoms with Crippen LogP contribution in [0.25, 0.3) is 11.0 Å². The SMILES string of the molecule is CC.CCC1CCNC1C(=O)OC(C)(C)C.COc1ccc2nc(Cl)c(=O)[nH]c2c1. The Labute approximate surface area is 183 Å². The molecule has 2 atom stereocenters. The van der Waals surface area contributed by atoms with E-state index in [-0.39, 0.29) is 22.8 Å². The number of esters is 1. The van der Waals surface area contributed by atoms with Gasteiger partial charge in [0, 0.05) is 6.07 Å². The van der Waals surface area contributed by atoms with Gasteiger partial charge in [-0.25, -0.2) is 4.98 Å². The minimum atomic E-state index is -0.396. The maximum atomic E-state index is 11.7. The second-order valence-corrected chi connectivity index (χ2v) is 8.02. The summed E-state index contributed by atoms with van der Waals surface area (Å²) in [4.78, 5) is 29.4. The van der Waals surface area contributed by atoms with Crippen molar-refractivity contribution >= 4 is 28.6 Å². The third kappa shape index (κ3) is 7.61. The van der Waals surface area contributed by atoms with Gasteiger partial charge in [0.05, 0.1) is 18.1 Å². The summed E-state index contributed by atoms with van der Waals surface area (Å²) in [5, 5.41) is 3.15. The molecule has 1 aromatic carbocycles. The molecular formula is C22H34ClN3O4. The quantitative estimate of drug-likeness (QED) is 0.691. The van der Waals surface area contributed by atoms with Gasteiger partial charge in [-0.2, -0.15) is 0 Å². The van der Waals surface area contributed by atoms with Crippen molar-refractivity contribution in [2.24, 2.45) is 5.92 Å².